The van der Waals surface area contributed by atoms with Crippen LogP contribution in [-0.4, -0.2) is 0 Å². The van der Waals surface area contributed by atoms with Crippen LogP contribution in [0.4, 0.5) is 17.1 Å². The Morgan fingerprint density at radius 2 is 0.726 bits per heavy atom. The van der Waals surface area contributed by atoms with Crippen LogP contribution >= 0.6 is 0 Å². The number of anilines is 3. The van der Waals surface area contributed by atoms with Crippen LogP contribution in [0, 0.1) is 0 Å². The van der Waals surface area contributed by atoms with Crippen LogP contribution in [0.1, 0.15) is 22.3 Å². The lowest BCUT2D eigenvalue weighted by Gasteiger charge is -2.32. The van der Waals surface area contributed by atoms with Gasteiger partial charge >= 0.3 is 0 Å². The molecule has 0 aliphatic heterocycles. The van der Waals surface area contributed by atoms with Gasteiger partial charge in [0.15, 0.2) is 0 Å². The van der Waals surface area contributed by atoms with Gasteiger partial charge in [-0.2, -0.15) is 0 Å². The topological polar surface area (TPSA) is 3.24 Å². The molecule has 11 aromatic carbocycles. The summed E-state index contributed by atoms with van der Waals surface area (Å²) in [4.78, 5) is 2.51. The number of hydrogen-bond acceptors (Lipinski definition) is 1. The summed E-state index contributed by atoms with van der Waals surface area (Å²) in [6, 6.07) is 87.9. The van der Waals surface area contributed by atoms with Crippen molar-refractivity contribution in [3.8, 4) is 44.5 Å². The first-order valence-corrected chi connectivity index (χ1v) is 21.6. The molecule has 0 saturated carbocycles. The maximum absolute atomic E-state index is 2.56. The van der Waals surface area contributed by atoms with Gasteiger partial charge in [0.2, 0.25) is 0 Å². The molecular formula is C61H39N. The summed E-state index contributed by atoms with van der Waals surface area (Å²) in [5.74, 6) is 0. The van der Waals surface area contributed by atoms with Crippen LogP contribution in [0.5, 0.6) is 0 Å². The van der Waals surface area contributed by atoms with Gasteiger partial charge in [0.25, 0.3) is 0 Å². The molecule has 0 amide bonds. The Hall–Kier alpha value is -8.00. The summed E-state index contributed by atoms with van der Waals surface area (Å²) in [7, 11) is 0. The number of nitrogens with zero attached hydrogens (tertiary/aromatic N) is 1. The second-order valence-electron chi connectivity index (χ2n) is 16.7. The third kappa shape index (κ3) is 4.85. The van der Waals surface area contributed by atoms with Gasteiger partial charge in [0.1, 0.15) is 0 Å². The van der Waals surface area contributed by atoms with Gasteiger partial charge in [0, 0.05) is 16.8 Å². The van der Waals surface area contributed by atoms with Gasteiger partial charge in [-0.15, -0.1) is 0 Å². The number of benzene rings is 11. The van der Waals surface area contributed by atoms with Crippen LogP contribution < -0.4 is 4.90 Å². The van der Waals surface area contributed by atoms with E-state index >= 15 is 0 Å². The predicted molar refractivity (Wildman–Crippen MR) is 261 cm³/mol. The molecule has 0 heterocycles. The molecule has 1 heteroatoms. The third-order valence-electron chi connectivity index (χ3n) is 13.7. The van der Waals surface area contributed by atoms with Gasteiger partial charge in [-0.1, -0.05) is 200 Å². The molecule has 0 fully saturated rings. The molecule has 2 aliphatic carbocycles. The first-order chi connectivity index (χ1) is 30.8. The highest BCUT2D eigenvalue weighted by Gasteiger charge is 2.52. The highest BCUT2D eigenvalue weighted by molar-refractivity contribution is 6.26. The molecule has 1 atom stereocenters. The molecule has 0 N–H and O–H groups in total. The standard InChI is InChI=1S/C61H39N/c1-3-18-40(19-4-1)41-34-36-43(37-35-41)62(58-32-16-13-22-44(58)42-20-5-2-6-21-42)59-33-17-31-56-60(59)50-28-12-15-30-55(50)61(56)54-29-14-11-27-49(54)53-38-51-47-25-9-7-23-45(47)46-24-8-10-26-48(46)52(51)39-57(53)61/h1-39H. The fourth-order valence-corrected chi connectivity index (χ4v) is 11.1. The van der Waals surface area contributed by atoms with Crippen molar-refractivity contribution in [2.75, 3.05) is 4.90 Å². The molecule has 0 radical (unpaired) electrons. The first-order valence-electron chi connectivity index (χ1n) is 21.6. The van der Waals surface area contributed by atoms with E-state index < -0.39 is 5.41 Å². The average Bonchev–Trinajstić information content (AvgIpc) is 3.82. The van der Waals surface area contributed by atoms with E-state index in [1.165, 1.54) is 99.1 Å². The van der Waals surface area contributed by atoms with E-state index in [9.17, 15) is 0 Å². The van der Waals surface area contributed by atoms with Gasteiger partial charge in [-0.25, -0.2) is 0 Å². The van der Waals surface area contributed by atoms with Crippen LogP contribution in [0.2, 0.25) is 0 Å². The molecule has 2 aliphatic rings. The lowest BCUT2D eigenvalue weighted by Crippen LogP contribution is -2.26. The highest BCUT2D eigenvalue weighted by atomic mass is 15.1. The van der Waals surface area contributed by atoms with Crippen molar-refractivity contribution in [2.45, 2.75) is 5.41 Å². The van der Waals surface area contributed by atoms with Crippen molar-refractivity contribution in [3.63, 3.8) is 0 Å². The number of hydrogen-bond donors (Lipinski definition) is 0. The van der Waals surface area contributed by atoms with Crippen molar-refractivity contribution < 1.29 is 0 Å². The molecule has 11 aromatic rings. The van der Waals surface area contributed by atoms with Gasteiger partial charge < -0.3 is 4.90 Å². The van der Waals surface area contributed by atoms with E-state index in [1.54, 1.807) is 0 Å². The summed E-state index contributed by atoms with van der Waals surface area (Å²) >= 11 is 0. The second-order valence-corrected chi connectivity index (χ2v) is 16.7. The normalized spacial score (nSPS) is 14.5. The average molecular weight is 786 g/mol. The van der Waals surface area contributed by atoms with Crippen molar-refractivity contribution >= 4 is 49.4 Å². The summed E-state index contributed by atoms with van der Waals surface area (Å²) in [6.07, 6.45) is 0. The fraction of sp³-hybridized carbons (Fsp3) is 0.0164. The zero-order valence-electron chi connectivity index (χ0n) is 34.0. The van der Waals surface area contributed by atoms with Gasteiger partial charge in [0.05, 0.1) is 16.8 Å². The second kappa shape index (κ2) is 13.5. The van der Waals surface area contributed by atoms with E-state index in [1.807, 2.05) is 0 Å². The quantitative estimate of drug-likeness (QED) is 0.157. The van der Waals surface area contributed by atoms with Crippen LogP contribution in [0.25, 0.3) is 76.8 Å². The molecule has 1 spiro atoms. The minimum atomic E-state index is -0.531. The summed E-state index contributed by atoms with van der Waals surface area (Å²) in [5, 5.41) is 7.77. The van der Waals surface area contributed by atoms with Crippen molar-refractivity contribution in [1.29, 1.82) is 0 Å². The largest absolute Gasteiger partial charge is 0.309 e. The number of rotatable bonds is 5. The van der Waals surface area contributed by atoms with Crippen LogP contribution in [-0.2, 0) is 5.41 Å². The summed E-state index contributed by atoms with van der Waals surface area (Å²) < 4.78 is 0. The van der Waals surface area contributed by atoms with Gasteiger partial charge in [-0.05, 0) is 124 Å². The molecule has 62 heavy (non-hydrogen) atoms. The molecule has 13 rings (SSSR count). The molecule has 1 unspecified atom stereocenters. The predicted octanol–water partition coefficient (Wildman–Crippen LogP) is 16.3. The summed E-state index contributed by atoms with van der Waals surface area (Å²) in [5.41, 5.74) is 18.1. The Labute approximate surface area is 361 Å². The molecule has 1 nitrogen and oxygen atoms in total. The van der Waals surface area contributed by atoms with Gasteiger partial charge in [-0.3, -0.25) is 0 Å². The zero-order valence-corrected chi connectivity index (χ0v) is 34.0. The molecule has 0 bridgehead atoms. The number of fused-ring (bicyclic) bond motifs is 16. The minimum Gasteiger partial charge on any atom is -0.309 e. The van der Waals surface area contributed by atoms with E-state index in [0.29, 0.717) is 0 Å². The minimum absolute atomic E-state index is 0.531. The molecular weight excluding hydrogens is 747 g/mol. The Bertz CT molecular complexity index is 3570. The first kappa shape index (κ1) is 34.8. The molecule has 288 valence electrons. The zero-order chi connectivity index (χ0) is 40.8. The molecule has 0 aromatic heterocycles. The van der Waals surface area contributed by atoms with Crippen molar-refractivity contribution in [3.05, 3.63) is 259 Å². The lowest BCUT2D eigenvalue weighted by atomic mass is 9.70. The highest BCUT2D eigenvalue weighted by Crippen LogP contribution is 2.65. The van der Waals surface area contributed by atoms with Crippen molar-refractivity contribution in [1.82, 2.24) is 0 Å². The van der Waals surface area contributed by atoms with E-state index in [4.69, 9.17) is 0 Å². The Balaban J connectivity index is 1.12. The SMILES string of the molecule is c1ccc(-c2ccc(N(c3ccccc3-c3ccccc3)c3cccc4c3-c3ccccc3C43c4ccccc4-c4cc5c6ccccc6c6ccccc6c5cc43)cc2)cc1. The number of para-hydroxylation sites is 1. The Kier molecular flexibility index (Phi) is 7.59. The van der Waals surface area contributed by atoms with E-state index in [0.717, 1.165) is 17.1 Å². The maximum Gasteiger partial charge on any atom is 0.0726 e. The van der Waals surface area contributed by atoms with E-state index in [-0.39, 0.29) is 0 Å². The van der Waals surface area contributed by atoms with Crippen LogP contribution in [0.15, 0.2) is 237 Å². The fourth-order valence-electron chi connectivity index (χ4n) is 11.1. The summed E-state index contributed by atoms with van der Waals surface area (Å²) in [6.45, 7) is 0. The third-order valence-corrected chi connectivity index (χ3v) is 13.7. The van der Waals surface area contributed by atoms with Crippen LogP contribution in [0.3, 0.4) is 0 Å². The molecule has 0 saturated heterocycles. The smallest absolute Gasteiger partial charge is 0.0726 e. The lowest BCUT2D eigenvalue weighted by molar-refractivity contribution is 0.795. The monoisotopic (exact) mass is 785 g/mol. The Morgan fingerprint density at radius 3 is 1.40 bits per heavy atom. The maximum atomic E-state index is 2.56. The van der Waals surface area contributed by atoms with E-state index in [2.05, 4.69) is 241 Å². The Morgan fingerprint density at radius 1 is 0.258 bits per heavy atom. The van der Waals surface area contributed by atoms with Crippen molar-refractivity contribution in [2.24, 2.45) is 0 Å².